The normalized spacial score (nSPS) is 15.2. The Bertz CT molecular complexity index is 1210. The van der Waals surface area contributed by atoms with Crippen molar-refractivity contribution < 1.29 is 19.4 Å². The molecule has 6 nitrogen and oxygen atoms in total. The molecule has 0 unspecified atom stereocenters. The van der Waals surface area contributed by atoms with Gasteiger partial charge in [0.2, 0.25) is 0 Å². The SMILES string of the molecule is CCC(C)=CNC1=C(C)CN([C](=[W])/C(=C/N)c2ccccn2)CC1.Cc1cccn2nccc12. The second kappa shape index (κ2) is 12.6. The number of hydrogen-bond donors (Lipinski definition) is 2. The summed E-state index contributed by atoms with van der Waals surface area (Å²) >= 11 is 1.42. The molecule has 0 amide bonds. The number of nitrogens with one attached hydrogen (secondary N) is 1. The predicted molar refractivity (Wildman–Crippen MR) is 137 cm³/mol. The van der Waals surface area contributed by atoms with Crippen LogP contribution < -0.4 is 11.1 Å². The van der Waals surface area contributed by atoms with Crippen LogP contribution in [0.25, 0.3) is 11.1 Å². The molecule has 0 atom stereocenters. The van der Waals surface area contributed by atoms with Crippen LogP contribution in [0, 0.1) is 6.92 Å². The first-order valence-electron chi connectivity index (χ1n) is 11.6. The zero-order chi connectivity index (χ0) is 24.5. The third kappa shape index (κ3) is 6.62. The summed E-state index contributed by atoms with van der Waals surface area (Å²) in [5.74, 6) is 0. The Morgan fingerprint density at radius 2 is 2.00 bits per heavy atom. The van der Waals surface area contributed by atoms with E-state index in [1.165, 1.54) is 51.3 Å². The number of nitrogens with zero attached hydrogens (tertiary/aromatic N) is 4. The zero-order valence-electron chi connectivity index (χ0n) is 20.5. The molecule has 0 aliphatic carbocycles. The van der Waals surface area contributed by atoms with Gasteiger partial charge in [0, 0.05) is 12.4 Å². The first-order chi connectivity index (χ1) is 16.4. The molecule has 0 saturated heterocycles. The number of hydrogen-bond acceptors (Lipinski definition) is 5. The molecule has 0 aromatic carbocycles. The number of fused-ring (bicyclic) bond motifs is 1. The van der Waals surface area contributed by atoms with E-state index in [0.717, 1.165) is 37.2 Å². The van der Waals surface area contributed by atoms with Crippen LogP contribution in [-0.4, -0.2) is 36.6 Å². The average Bonchev–Trinajstić information content (AvgIpc) is 3.35. The van der Waals surface area contributed by atoms with Crippen molar-refractivity contribution in [1.82, 2.24) is 24.8 Å². The molecule has 3 aromatic rings. The van der Waals surface area contributed by atoms with Crippen LogP contribution in [0.5, 0.6) is 0 Å². The maximum atomic E-state index is 5.90. The summed E-state index contributed by atoms with van der Waals surface area (Å²) in [6.45, 7) is 10.6. The number of rotatable bonds is 6. The van der Waals surface area contributed by atoms with Crippen LogP contribution >= 0.6 is 0 Å². The second-order valence-corrected chi connectivity index (χ2v) is 9.76. The van der Waals surface area contributed by atoms with E-state index in [2.05, 4.69) is 60.3 Å². The minimum absolute atomic E-state index is 0.935. The van der Waals surface area contributed by atoms with Gasteiger partial charge in [-0.1, -0.05) is 6.07 Å². The van der Waals surface area contributed by atoms with Gasteiger partial charge in [-0.25, -0.2) is 4.52 Å². The first kappa shape index (κ1) is 25.8. The van der Waals surface area contributed by atoms with E-state index in [-0.39, 0.29) is 0 Å². The number of aryl methyl sites for hydroxylation is 1. The van der Waals surface area contributed by atoms with Gasteiger partial charge in [0.1, 0.15) is 0 Å². The van der Waals surface area contributed by atoms with Gasteiger partial charge >= 0.3 is 156 Å². The summed E-state index contributed by atoms with van der Waals surface area (Å²) in [5.41, 5.74) is 14.4. The molecule has 3 N–H and O–H groups in total. The summed E-state index contributed by atoms with van der Waals surface area (Å²) in [4.78, 5) is 6.86. The molecule has 3 aromatic heterocycles. The maximum Gasteiger partial charge on any atom is 0.0690 e. The van der Waals surface area contributed by atoms with Gasteiger partial charge < -0.3 is 0 Å². The van der Waals surface area contributed by atoms with Crippen molar-refractivity contribution in [3.8, 4) is 0 Å². The van der Waals surface area contributed by atoms with Crippen LogP contribution in [0.15, 0.2) is 84.2 Å². The van der Waals surface area contributed by atoms with Crippen LogP contribution in [0.4, 0.5) is 0 Å². The van der Waals surface area contributed by atoms with E-state index in [4.69, 9.17) is 5.73 Å². The van der Waals surface area contributed by atoms with Crippen molar-refractivity contribution in [1.29, 1.82) is 0 Å². The summed E-state index contributed by atoms with van der Waals surface area (Å²) in [6.07, 6.45) is 11.5. The van der Waals surface area contributed by atoms with Gasteiger partial charge in [0.05, 0.1) is 5.52 Å². The monoisotopic (exact) mass is 626 g/mol. The molecular weight excluding hydrogens is 592 g/mol. The Labute approximate surface area is 213 Å². The Morgan fingerprint density at radius 1 is 1.18 bits per heavy atom. The van der Waals surface area contributed by atoms with Crippen LogP contribution in [-0.2, 0) is 19.4 Å². The molecule has 0 radical (unpaired) electrons. The molecule has 178 valence electrons. The summed E-state index contributed by atoms with van der Waals surface area (Å²) < 4.78 is 3.13. The van der Waals surface area contributed by atoms with Gasteiger partial charge in [-0.2, -0.15) is 5.10 Å². The molecule has 4 rings (SSSR count). The van der Waals surface area contributed by atoms with Crippen molar-refractivity contribution >= 4 is 15.1 Å². The molecule has 0 spiro atoms. The van der Waals surface area contributed by atoms with Crippen molar-refractivity contribution in [3.63, 3.8) is 0 Å². The van der Waals surface area contributed by atoms with E-state index >= 15 is 0 Å². The number of allylic oxidation sites excluding steroid dienone is 1. The first-order valence-corrected chi connectivity index (χ1v) is 13.0. The van der Waals surface area contributed by atoms with Crippen molar-refractivity contribution in [3.05, 3.63) is 95.5 Å². The minimum atomic E-state index is 0.935. The van der Waals surface area contributed by atoms with Gasteiger partial charge in [-0.05, 0) is 24.6 Å². The third-order valence-corrected chi connectivity index (χ3v) is 7.62. The van der Waals surface area contributed by atoms with Crippen LogP contribution in [0.2, 0.25) is 0 Å². The van der Waals surface area contributed by atoms with E-state index in [0.29, 0.717) is 0 Å². The third-order valence-electron chi connectivity index (χ3n) is 5.90. The average molecular weight is 626 g/mol. The molecule has 1 aliphatic rings. The van der Waals surface area contributed by atoms with E-state index < -0.39 is 0 Å². The Morgan fingerprint density at radius 3 is 2.65 bits per heavy atom. The second-order valence-electron chi connectivity index (χ2n) is 8.37. The van der Waals surface area contributed by atoms with Gasteiger partial charge in [0.15, 0.2) is 0 Å². The molecule has 1 aliphatic heterocycles. The van der Waals surface area contributed by atoms with Gasteiger partial charge in [0.25, 0.3) is 0 Å². The summed E-state index contributed by atoms with van der Waals surface area (Å²) in [7, 11) is 0. The van der Waals surface area contributed by atoms with Gasteiger partial charge in [-0.3, -0.25) is 0 Å². The fraction of sp³-hybridized carbons (Fsp3) is 0.296. The topological polar surface area (TPSA) is 71.5 Å². The zero-order valence-corrected chi connectivity index (χ0v) is 23.4. The number of aromatic nitrogens is 3. The standard InChI is InChI=1S/C19H26N4.C8H8N2.W/c1-4-15(2)12-22-18-8-10-23(13-16(18)3)14-17(11-20)19-7-5-6-9-21-19;1-7-3-2-6-10-8(7)4-5-9-10;/h5-7,9,11-12,22H,4,8,10,13,20H2,1-3H3;2-6H,1H3;/b15-12?,17-11-;;. The molecule has 4 heterocycles. The summed E-state index contributed by atoms with van der Waals surface area (Å²) in [6, 6.07) is 12.0. The largest absolute Gasteiger partial charge is 0.241 e. The minimum Gasteiger partial charge on any atom is -0.241 e. The molecular formula is C27H34N6W. The smallest absolute Gasteiger partial charge is 0.0690 e. The molecule has 7 heteroatoms. The van der Waals surface area contributed by atoms with Gasteiger partial charge in [-0.15, -0.1) is 0 Å². The van der Waals surface area contributed by atoms with E-state index in [1.807, 2.05) is 53.4 Å². The fourth-order valence-electron chi connectivity index (χ4n) is 3.66. The molecule has 34 heavy (non-hydrogen) atoms. The predicted octanol–water partition coefficient (Wildman–Crippen LogP) is 4.58. The Hall–Kier alpha value is -2.82. The van der Waals surface area contributed by atoms with Crippen molar-refractivity contribution in [2.45, 2.75) is 40.5 Å². The maximum absolute atomic E-state index is 5.90. The molecule has 0 saturated carbocycles. The fourth-order valence-corrected chi connectivity index (χ4v) is 4.84. The van der Waals surface area contributed by atoms with Crippen LogP contribution in [0.1, 0.15) is 44.9 Å². The van der Waals surface area contributed by atoms with E-state index in [9.17, 15) is 0 Å². The van der Waals surface area contributed by atoms with E-state index in [1.54, 1.807) is 6.20 Å². The Kier molecular flexibility index (Phi) is 9.55. The summed E-state index contributed by atoms with van der Waals surface area (Å²) in [5, 5.41) is 7.59. The van der Waals surface area contributed by atoms with Crippen molar-refractivity contribution in [2.75, 3.05) is 13.1 Å². The number of pyridine rings is 2. The molecule has 0 bridgehead atoms. The number of nitrogens with two attached hydrogens (primary N) is 1. The quantitative estimate of drug-likeness (QED) is 0.420. The Balaban J connectivity index is 0.000000266. The molecule has 0 fully saturated rings. The van der Waals surface area contributed by atoms with Crippen molar-refractivity contribution in [2.24, 2.45) is 5.73 Å². The van der Waals surface area contributed by atoms with Crippen LogP contribution in [0.3, 0.4) is 0 Å².